The molecule has 0 aliphatic heterocycles. The van der Waals surface area contributed by atoms with Crippen LogP contribution in [0.1, 0.15) is 19.3 Å². The summed E-state index contributed by atoms with van der Waals surface area (Å²) in [5, 5.41) is 5.92. The summed E-state index contributed by atoms with van der Waals surface area (Å²) in [6.07, 6.45) is 2.11. The van der Waals surface area contributed by atoms with E-state index in [0.29, 0.717) is 22.9 Å². The van der Waals surface area contributed by atoms with Crippen molar-refractivity contribution in [1.82, 2.24) is 0 Å². The Morgan fingerprint density at radius 3 is 2.68 bits per heavy atom. The molecule has 1 saturated carbocycles. The molecule has 5 nitrogen and oxygen atoms in total. The fourth-order valence-electron chi connectivity index (χ4n) is 1.63. The van der Waals surface area contributed by atoms with Crippen LogP contribution in [-0.2, 0) is 9.59 Å². The van der Waals surface area contributed by atoms with Crippen LogP contribution in [0, 0.1) is 5.92 Å². The molecule has 1 fully saturated rings. The monoisotopic (exact) mass is 281 g/mol. The molecular formula is C13H16ClN3O2. The molecule has 0 unspecified atom stereocenters. The van der Waals surface area contributed by atoms with Crippen LogP contribution in [0.15, 0.2) is 18.2 Å². The first-order valence-electron chi connectivity index (χ1n) is 6.20. The van der Waals surface area contributed by atoms with E-state index < -0.39 is 0 Å². The smallest absolute Gasteiger partial charge is 0.227 e. The molecule has 2 amide bonds. The lowest BCUT2D eigenvalue weighted by atomic mass is 10.2. The minimum atomic E-state index is -0.163. The highest BCUT2D eigenvalue weighted by molar-refractivity contribution is 6.33. The molecule has 0 spiro atoms. The molecule has 6 heteroatoms. The van der Waals surface area contributed by atoms with E-state index >= 15 is 0 Å². The predicted molar refractivity (Wildman–Crippen MR) is 75.1 cm³/mol. The minimum absolute atomic E-state index is 0.0210. The molecule has 19 heavy (non-hydrogen) atoms. The van der Waals surface area contributed by atoms with Crippen molar-refractivity contribution in [2.45, 2.75) is 19.3 Å². The summed E-state index contributed by atoms with van der Waals surface area (Å²) >= 11 is 6.02. The molecule has 1 aliphatic rings. The van der Waals surface area contributed by atoms with Crippen LogP contribution in [0.5, 0.6) is 0 Å². The van der Waals surface area contributed by atoms with E-state index in [4.69, 9.17) is 17.3 Å². The zero-order valence-corrected chi connectivity index (χ0v) is 11.2. The highest BCUT2D eigenvalue weighted by atomic mass is 35.5. The average Bonchev–Trinajstić information content (AvgIpc) is 3.17. The van der Waals surface area contributed by atoms with E-state index in [2.05, 4.69) is 10.6 Å². The second-order valence-electron chi connectivity index (χ2n) is 4.55. The first kappa shape index (κ1) is 13.8. The topological polar surface area (TPSA) is 84.2 Å². The summed E-state index contributed by atoms with van der Waals surface area (Å²) in [5.41, 5.74) is 6.41. The number of carbonyl (C=O) groups excluding carboxylic acids is 2. The molecule has 0 aromatic heterocycles. The van der Waals surface area contributed by atoms with E-state index in [1.54, 1.807) is 18.2 Å². The standard InChI is InChI=1S/C13H16ClN3O2/c14-10-4-3-9(16-12(18)5-6-15)7-11(10)17-13(19)8-1-2-8/h3-4,7-8H,1-2,5-6,15H2,(H,16,18)(H,17,19). The van der Waals surface area contributed by atoms with Gasteiger partial charge in [-0.25, -0.2) is 0 Å². The Kier molecular flexibility index (Phi) is 4.39. The third kappa shape index (κ3) is 3.94. The third-order valence-corrected chi connectivity index (χ3v) is 3.16. The molecular weight excluding hydrogens is 266 g/mol. The van der Waals surface area contributed by atoms with Crippen LogP contribution in [0.3, 0.4) is 0 Å². The highest BCUT2D eigenvalue weighted by Gasteiger charge is 2.29. The Balaban J connectivity index is 2.05. The number of amides is 2. The van der Waals surface area contributed by atoms with Crippen molar-refractivity contribution in [3.63, 3.8) is 0 Å². The fourth-order valence-corrected chi connectivity index (χ4v) is 1.80. The van der Waals surface area contributed by atoms with Crippen LogP contribution in [0.2, 0.25) is 5.02 Å². The second-order valence-corrected chi connectivity index (χ2v) is 4.95. The summed E-state index contributed by atoms with van der Waals surface area (Å²) in [4.78, 5) is 23.1. The maximum atomic E-state index is 11.7. The van der Waals surface area contributed by atoms with Crippen molar-refractivity contribution in [2.24, 2.45) is 11.7 Å². The number of hydrogen-bond acceptors (Lipinski definition) is 3. The molecule has 0 atom stereocenters. The fraction of sp³-hybridized carbons (Fsp3) is 0.385. The van der Waals surface area contributed by atoms with Gasteiger partial charge in [0.05, 0.1) is 10.7 Å². The first-order chi connectivity index (χ1) is 9.10. The Morgan fingerprint density at radius 1 is 1.32 bits per heavy atom. The van der Waals surface area contributed by atoms with Crippen LogP contribution in [0.25, 0.3) is 0 Å². The molecule has 0 heterocycles. The Labute approximate surface area is 116 Å². The maximum Gasteiger partial charge on any atom is 0.227 e. The Hall–Kier alpha value is -1.59. The SMILES string of the molecule is NCCC(=O)Nc1ccc(Cl)c(NC(=O)C2CC2)c1. The number of nitrogens with two attached hydrogens (primary N) is 1. The van der Waals surface area contributed by atoms with Gasteiger partial charge in [-0.1, -0.05) is 11.6 Å². The summed E-state index contributed by atoms with van der Waals surface area (Å²) in [6.45, 7) is 0.296. The number of rotatable bonds is 5. The number of carbonyl (C=O) groups is 2. The average molecular weight is 282 g/mol. The van der Waals surface area contributed by atoms with Gasteiger partial charge in [0.15, 0.2) is 0 Å². The quantitative estimate of drug-likeness (QED) is 0.771. The van der Waals surface area contributed by atoms with Crippen LogP contribution < -0.4 is 16.4 Å². The Bertz CT molecular complexity index is 501. The molecule has 4 N–H and O–H groups in total. The maximum absolute atomic E-state index is 11.7. The third-order valence-electron chi connectivity index (χ3n) is 2.83. The predicted octanol–water partition coefficient (Wildman–Crippen LogP) is 1.98. The number of anilines is 2. The summed E-state index contributed by atoms with van der Waals surface area (Å²) < 4.78 is 0. The van der Waals surface area contributed by atoms with Crippen LogP contribution in [-0.4, -0.2) is 18.4 Å². The van der Waals surface area contributed by atoms with E-state index in [0.717, 1.165) is 12.8 Å². The summed E-state index contributed by atoms with van der Waals surface area (Å²) in [6, 6.07) is 4.97. The number of halogens is 1. The van der Waals surface area contributed by atoms with Gasteiger partial charge in [0.25, 0.3) is 0 Å². The zero-order chi connectivity index (χ0) is 13.8. The highest BCUT2D eigenvalue weighted by Crippen LogP contribution is 2.32. The Morgan fingerprint density at radius 2 is 2.05 bits per heavy atom. The lowest BCUT2D eigenvalue weighted by molar-refractivity contribution is -0.117. The van der Waals surface area contributed by atoms with E-state index in [9.17, 15) is 9.59 Å². The number of benzene rings is 1. The van der Waals surface area contributed by atoms with Gasteiger partial charge < -0.3 is 16.4 Å². The second kappa shape index (κ2) is 6.04. The number of hydrogen-bond donors (Lipinski definition) is 3. The molecule has 0 saturated heterocycles. The van der Waals surface area contributed by atoms with Gasteiger partial charge >= 0.3 is 0 Å². The van der Waals surface area contributed by atoms with Gasteiger partial charge in [-0.2, -0.15) is 0 Å². The van der Waals surface area contributed by atoms with Crippen molar-refractivity contribution in [3.8, 4) is 0 Å². The van der Waals surface area contributed by atoms with E-state index in [1.165, 1.54) is 0 Å². The van der Waals surface area contributed by atoms with Crippen molar-refractivity contribution in [2.75, 3.05) is 17.2 Å². The molecule has 0 bridgehead atoms. The van der Waals surface area contributed by atoms with Gasteiger partial charge in [0.1, 0.15) is 0 Å². The molecule has 1 aromatic carbocycles. The van der Waals surface area contributed by atoms with Gasteiger partial charge in [-0.15, -0.1) is 0 Å². The molecule has 1 aromatic rings. The normalized spacial score (nSPS) is 14.0. The minimum Gasteiger partial charge on any atom is -0.330 e. The lowest BCUT2D eigenvalue weighted by Crippen LogP contribution is -2.17. The van der Waals surface area contributed by atoms with E-state index in [-0.39, 0.29) is 24.2 Å². The largest absolute Gasteiger partial charge is 0.330 e. The van der Waals surface area contributed by atoms with Crippen LogP contribution in [0.4, 0.5) is 11.4 Å². The van der Waals surface area contributed by atoms with Crippen LogP contribution >= 0.6 is 11.6 Å². The van der Waals surface area contributed by atoms with Gasteiger partial charge in [0.2, 0.25) is 11.8 Å². The number of nitrogens with one attached hydrogen (secondary N) is 2. The zero-order valence-electron chi connectivity index (χ0n) is 10.4. The van der Waals surface area contributed by atoms with Crippen molar-refractivity contribution in [3.05, 3.63) is 23.2 Å². The molecule has 2 rings (SSSR count). The van der Waals surface area contributed by atoms with Gasteiger partial charge in [-0.3, -0.25) is 9.59 Å². The lowest BCUT2D eigenvalue weighted by Gasteiger charge is -2.10. The molecule has 0 radical (unpaired) electrons. The summed E-state index contributed by atoms with van der Waals surface area (Å²) in [5.74, 6) is -0.0804. The molecule has 102 valence electrons. The van der Waals surface area contributed by atoms with Crippen molar-refractivity contribution in [1.29, 1.82) is 0 Å². The van der Waals surface area contributed by atoms with Crippen molar-refractivity contribution >= 4 is 34.8 Å². The van der Waals surface area contributed by atoms with E-state index in [1.807, 2.05) is 0 Å². The van der Waals surface area contributed by atoms with Gasteiger partial charge in [-0.05, 0) is 31.0 Å². The van der Waals surface area contributed by atoms with Gasteiger partial charge in [0, 0.05) is 24.6 Å². The molecule has 1 aliphatic carbocycles. The summed E-state index contributed by atoms with van der Waals surface area (Å²) in [7, 11) is 0. The van der Waals surface area contributed by atoms with Crippen molar-refractivity contribution < 1.29 is 9.59 Å². The first-order valence-corrected chi connectivity index (χ1v) is 6.58.